The smallest absolute Gasteiger partial charge is 0.407 e. The Labute approximate surface area is 200 Å². The molecule has 2 aromatic carbocycles. The molecular formula is C26H33N3O5. The van der Waals surface area contributed by atoms with Crippen molar-refractivity contribution in [2.45, 2.75) is 58.2 Å². The van der Waals surface area contributed by atoms with Crippen LogP contribution in [-0.4, -0.2) is 42.3 Å². The first-order valence-electron chi connectivity index (χ1n) is 11.4. The van der Waals surface area contributed by atoms with E-state index in [1.807, 2.05) is 60.7 Å². The molecule has 8 heteroatoms. The third kappa shape index (κ3) is 10.3. The summed E-state index contributed by atoms with van der Waals surface area (Å²) in [6.07, 6.45) is 1.50. The number of rotatable bonds is 13. The average molecular weight is 468 g/mol. The Kier molecular flexibility index (Phi) is 11.3. The first kappa shape index (κ1) is 26.6. The van der Waals surface area contributed by atoms with Gasteiger partial charge in [0.05, 0.1) is 6.04 Å². The van der Waals surface area contributed by atoms with E-state index >= 15 is 0 Å². The maximum absolute atomic E-state index is 12.8. The van der Waals surface area contributed by atoms with E-state index < -0.39 is 24.1 Å². The second kappa shape index (κ2) is 14.5. The summed E-state index contributed by atoms with van der Waals surface area (Å²) in [4.78, 5) is 48.3. The quantitative estimate of drug-likeness (QED) is 0.392. The normalized spacial score (nSPS) is 12.2. The number of alkyl carbamates (subject to hydrolysis) is 1. The van der Waals surface area contributed by atoms with Crippen molar-refractivity contribution in [1.29, 1.82) is 0 Å². The first-order valence-corrected chi connectivity index (χ1v) is 11.4. The van der Waals surface area contributed by atoms with Gasteiger partial charge in [-0.05, 0) is 37.3 Å². The highest BCUT2D eigenvalue weighted by molar-refractivity contribution is 5.91. The second-order valence-electron chi connectivity index (χ2n) is 8.10. The summed E-state index contributed by atoms with van der Waals surface area (Å²) in [5.74, 6) is -0.882. The molecule has 1 unspecified atom stereocenters. The highest BCUT2D eigenvalue weighted by Crippen LogP contribution is 2.07. The number of nitrogens with one attached hydrogen (secondary N) is 3. The molecule has 2 aromatic rings. The minimum atomic E-state index is -0.775. The summed E-state index contributed by atoms with van der Waals surface area (Å²) in [5, 5.41) is 8.11. The van der Waals surface area contributed by atoms with Gasteiger partial charge >= 0.3 is 6.09 Å². The van der Waals surface area contributed by atoms with Crippen molar-refractivity contribution in [3.8, 4) is 0 Å². The number of benzene rings is 2. The molecule has 0 fully saturated rings. The number of ketones is 1. The van der Waals surface area contributed by atoms with Crippen LogP contribution in [0.1, 0.15) is 44.2 Å². The van der Waals surface area contributed by atoms with Gasteiger partial charge < -0.3 is 20.7 Å². The molecule has 0 aliphatic rings. The molecule has 0 saturated heterocycles. The van der Waals surface area contributed by atoms with Crippen molar-refractivity contribution in [1.82, 2.24) is 16.0 Å². The molecule has 0 aliphatic heterocycles. The van der Waals surface area contributed by atoms with Gasteiger partial charge in [-0.3, -0.25) is 14.4 Å². The Morgan fingerprint density at radius 2 is 1.41 bits per heavy atom. The molecule has 0 bridgehead atoms. The summed E-state index contributed by atoms with van der Waals surface area (Å²) in [5.41, 5.74) is 1.81. The van der Waals surface area contributed by atoms with Gasteiger partial charge in [0.1, 0.15) is 12.6 Å². The number of carbonyl (C=O) groups is 4. The molecule has 34 heavy (non-hydrogen) atoms. The van der Waals surface area contributed by atoms with Crippen LogP contribution in [-0.2, 0) is 32.1 Å². The van der Waals surface area contributed by atoms with Crippen LogP contribution in [0.2, 0.25) is 0 Å². The molecule has 182 valence electrons. The van der Waals surface area contributed by atoms with Crippen LogP contribution in [0.3, 0.4) is 0 Å². The molecule has 0 aromatic heterocycles. The zero-order valence-corrected chi connectivity index (χ0v) is 19.7. The van der Waals surface area contributed by atoms with Gasteiger partial charge in [-0.2, -0.15) is 0 Å². The number of Topliss-reactive ketones (excluding diaryl/α,β-unsaturated/α-hetero) is 1. The van der Waals surface area contributed by atoms with Crippen LogP contribution < -0.4 is 16.0 Å². The van der Waals surface area contributed by atoms with Crippen LogP contribution in [0.15, 0.2) is 60.7 Å². The molecule has 0 heterocycles. The van der Waals surface area contributed by atoms with Crippen molar-refractivity contribution in [3.63, 3.8) is 0 Å². The lowest BCUT2D eigenvalue weighted by atomic mass is 10.0. The highest BCUT2D eigenvalue weighted by atomic mass is 16.5. The molecule has 0 radical (unpaired) electrons. The first-order chi connectivity index (χ1) is 16.3. The van der Waals surface area contributed by atoms with E-state index in [1.165, 1.54) is 13.8 Å². The summed E-state index contributed by atoms with van der Waals surface area (Å²) in [7, 11) is 0. The Morgan fingerprint density at radius 3 is 2.00 bits per heavy atom. The largest absolute Gasteiger partial charge is 0.445 e. The Morgan fingerprint density at radius 1 is 0.794 bits per heavy atom. The van der Waals surface area contributed by atoms with Gasteiger partial charge in [-0.25, -0.2) is 4.79 Å². The minimum absolute atomic E-state index is 0.162. The lowest BCUT2D eigenvalue weighted by Crippen LogP contribution is -2.51. The van der Waals surface area contributed by atoms with Gasteiger partial charge in [-0.1, -0.05) is 60.7 Å². The fourth-order valence-corrected chi connectivity index (χ4v) is 3.39. The van der Waals surface area contributed by atoms with E-state index in [1.54, 1.807) is 0 Å². The molecule has 2 atom stereocenters. The maximum Gasteiger partial charge on any atom is 0.407 e. The summed E-state index contributed by atoms with van der Waals surface area (Å²) in [6, 6.07) is 17.3. The summed E-state index contributed by atoms with van der Waals surface area (Å²) in [6.45, 7) is 3.37. The maximum atomic E-state index is 12.8. The van der Waals surface area contributed by atoms with E-state index in [0.717, 1.165) is 11.1 Å². The fourth-order valence-electron chi connectivity index (χ4n) is 3.39. The number of ether oxygens (including phenoxy) is 1. The third-order valence-corrected chi connectivity index (χ3v) is 5.19. The Hall–Kier alpha value is -3.68. The minimum Gasteiger partial charge on any atom is -0.445 e. The molecule has 2 rings (SSSR count). The van der Waals surface area contributed by atoms with Crippen LogP contribution in [0.4, 0.5) is 4.79 Å². The van der Waals surface area contributed by atoms with Crippen LogP contribution in [0.5, 0.6) is 0 Å². The second-order valence-corrected chi connectivity index (χ2v) is 8.10. The molecule has 3 N–H and O–H groups in total. The molecule has 0 saturated carbocycles. The van der Waals surface area contributed by atoms with E-state index in [4.69, 9.17) is 4.74 Å². The number of hydrogen-bond donors (Lipinski definition) is 3. The van der Waals surface area contributed by atoms with Gasteiger partial charge in [0, 0.05) is 19.9 Å². The summed E-state index contributed by atoms with van der Waals surface area (Å²) >= 11 is 0. The van der Waals surface area contributed by atoms with Crippen molar-refractivity contribution < 1.29 is 23.9 Å². The van der Waals surface area contributed by atoms with Gasteiger partial charge in [0.15, 0.2) is 5.78 Å². The van der Waals surface area contributed by atoms with Crippen LogP contribution in [0, 0.1) is 0 Å². The number of carbonyl (C=O) groups excluding carboxylic acids is 4. The van der Waals surface area contributed by atoms with Gasteiger partial charge in [0.2, 0.25) is 11.8 Å². The van der Waals surface area contributed by atoms with Crippen LogP contribution in [0.25, 0.3) is 0 Å². The number of hydrogen-bond acceptors (Lipinski definition) is 5. The molecule has 0 aliphatic carbocycles. The third-order valence-electron chi connectivity index (χ3n) is 5.19. The predicted octanol–water partition coefficient (Wildman–Crippen LogP) is 2.90. The molecule has 8 nitrogen and oxygen atoms in total. The Bertz CT molecular complexity index is 934. The van der Waals surface area contributed by atoms with Crippen molar-refractivity contribution in [2.75, 3.05) is 6.54 Å². The number of unbranched alkanes of at least 4 members (excludes halogenated alkanes) is 1. The number of amides is 3. The fraction of sp³-hybridized carbons (Fsp3) is 0.385. The standard InChI is InChI=1S/C26H33N3O5/c1-19(30)23(15-9-10-16-27-26(33)34-18-22-13-7-4-8-14-22)29-25(32)24(28-20(2)31)17-21-11-5-3-6-12-21/h3-8,11-14,23-24H,9-10,15-18H2,1-2H3,(H,27,33)(H,28,31)(H,29,32)/t23?,24-/m0/s1. The average Bonchev–Trinajstić information content (AvgIpc) is 2.82. The highest BCUT2D eigenvalue weighted by Gasteiger charge is 2.24. The van der Waals surface area contributed by atoms with E-state index in [-0.39, 0.29) is 18.3 Å². The van der Waals surface area contributed by atoms with Crippen molar-refractivity contribution >= 4 is 23.7 Å². The zero-order chi connectivity index (χ0) is 24.8. The summed E-state index contributed by atoms with van der Waals surface area (Å²) < 4.78 is 5.16. The Balaban J connectivity index is 1.75. The van der Waals surface area contributed by atoms with Crippen LogP contribution >= 0.6 is 0 Å². The lowest BCUT2D eigenvalue weighted by molar-refractivity contribution is -0.130. The SMILES string of the molecule is CC(=O)N[C@@H](Cc1ccccc1)C(=O)NC(CCCCNC(=O)OCc1ccccc1)C(C)=O. The van der Waals surface area contributed by atoms with Crippen molar-refractivity contribution in [2.24, 2.45) is 0 Å². The molecular weight excluding hydrogens is 434 g/mol. The molecule has 3 amide bonds. The zero-order valence-electron chi connectivity index (χ0n) is 19.7. The van der Waals surface area contributed by atoms with E-state index in [2.05, 4.69) is 16.0 Å². The predicted molar refractivity (Wildman–Crippen MR) is 129 cm³/mol. The monoisotopic (exact) mass is 467 g/mol. The molecule has 0 spiro atoms. The van der Waals surface area contributed by atoms with E-state index in [9.17, 15) is 19.2 Å². The van der Waals surface area contributed by atoms with Gasteiger partial charge in [-0.15, -0.1) is 0 Å². The lowest BCUT2D eigenvalue weighted by Gasteiger charge is -2.22. The van der Waals surface area contributed by atoms with E-state index in [0.29, 0.717) is 32.2 Å². The van der Waals surface area contributed by atoms with Gasteiger partial charge in [0.25, 0.3) is 0 Å². The topological polar surface area (TPSA) is 114 Å². The van der Waals surface area contributed by atoms with Crippen molar-refractivity contribution in [3.05, 3.63) is 71.8 Å².